The number of thiazole rings is 1. The monoisotopic (exact) mass is 457 g/mol. The third-order valence-electron chi connectivity index (χ3n) is 5.92. The molecule has 3 heterocycles. The van der Waals surface area contributed by atoms with Gasteiger partial charge in [0.25, 0.3) is 5.91 Å². The fourth-order valence-electron chi connectivity index (χ4n) is 4.10. The molecule has 172 valence electrons. The summed E-state index contributed by atoms with van der Waals surface area (Å²) >= 11 is 1.53. The van der Waals surface area contributed by atoms with Gasteiger partial charge in [-0.15, -0.1) is 11.3 Å². The highest BCUT2D eigenvalue weighted by Gasteiger charge is 2.26. The highest BCUT2D eigenvalue weighted by molar-refractivity contribution is 7.10. The molecule has 2 aromatic rings. The van der Waals surface area contributed by atoms with Crippen LogP contribution < -0.4 is 15.5 Å². The molecular formula is C23H31N5O3S. The number of likely N-dealkylation sites (tertiary alicyclic amines) is 1. The number of rotatable bonds is 6. The Balaban J connectivity index is 1.35. The summed E-state index contributed by atoms with van der Waals surface area (Å²) in [6.07, 6.45) is 2.67. The Morgan fingerprint density at radius 2 is 1.91 bits per heavy atom. The van der Waals surface area contributed by atoms with Gasteiger partial charge in [-0.05, 0) is 31.4 Å². The van der Waals surface area contributed by atoms with Crippen molar-refractivity contribution in [1.82, 2.24) is 15.2 Å². The molecule has 0 radical (unpaired) electrons. The zero-order valence-electron chi connectivity index (χ0n) is 18.5. The molecule has 3 amide bonds. The van der Waals surface area contributed by atoms with E-state index in [2.05, 4.69) is 20.5 Å². The number of hydrogen-bond donors (Lipinski definition) is 2. The van der Waals surface area contributed by atoms with E-state index in [0.717, 1.165) is 48.7 Å². The summed E-state index contributed by atoms with van der Waals surface area (Å²) in [5.41, 5.74) is 2.25. The number of anilines is 2. The number of morpholine rings is 1. The molecule has 2 N–H and O–H groups in total. The van der Waals surface area contributed by atoms with Crippen LogP contribution in [0.5, 0.6) is 0 Å². The van der Waals surface area contributed by atoms with E-state index in [9.17, 15) is 9.59 Å². The van der Waals surface area contributed by atoms with Gasteiger partial charge < -0.3 is 25.2 Å². The quantitative estimate of drug-likeness (QED) is 0.693. The predicted octanol–water partition coefficient (Wildman–Crippen LogP) is 3.53. The zero-order chi connectivity index (χ0) is 22.3. The van der Waals surface area contributed by atoms with Gasteiger partial charge in [0, 0.05) is 44.0 Å². The van der Waals surface area contributed by atoms with Crippen LogP contribution in [0, 0.1) is 0 Å². The summed E-state index contributed by atoms with van der Waals surface area (Å²) in [6.45, 7) is 7.18. The third-order valence-corrected chi connectivity index (χ3v) is 6.92. The molecular weight excluding hydrogens is 426 g/mol. The normalized spacial score (nSPS) is 17.3. The number of aromatic nitrogens is 1. The summed E-state index contributed by atoms with van der Waals surface area (Å²) in [5.74, 6) is 0.0991. The van der Waals surface area contributed by atoms with Gasteiger partial charge in [0.2, 0.25) is 0 Å². The van der Waals surface area contributed by atoms with Gasteiger partial charge in [0.15, 0.2) is 0 Å². The molecule has 0 aliphatic carbocycles. The number of ether oxygens (including phenoxy) is 1. The van der Waals surface area contributed by atoms with E-state index in [-0.39, 0.29) is 17.9 Å². The van der Waals surface area contributed by atoms with Crippen LogP contribution in [-0.2, 0) is 4.74 Å². The lowest BCUT2D eigenvalue weighted by Gasteiger charge is -2.31. The number of carbonyl (C=O) groups is 2. The number of piperidine rings is 1. The van der Waals surface area contributed by atoms with E-state index in [1.54, 1.807) is 0 Å². The molecule has 0 atom stereocenters. The molecule has 0 spiro atoms. The second kappa shape index (κ2) is 10.8. The van der Waals surface area contributed by atoms with Gasteiger partial charge in [-0.25, -0.2) is 9.78 Å². The molecule has 0 unspecified atom stereocenters. The highest BCUT2D eigenvalue weighted by Crippen LogP contribution is 2.31. The van der Waals surface area contributed by atoms with E-state index in [1.807, 2.05) is 41.5 Å². The minimum absolute atomic E-state index is 0.0171. The molecule has 4 rings (SSSR count). The Morgan fingerprint density at radius 1 is 1.16 bits per heavy atom. The van der Waals surface area contributed by atoms with Gasteiger partial charge in [-0.3, -0.25) is 4.79 Å². The first-order valence-corrected chi connectivity index (χ1v) is 12.2. The number of benzene rings is 1. The maximum Gasteiger partial charge on any atom is 0.317 e. The van der Waals surface area contributed by atoms with Crippen molar-refractivity contribution in [3.05, 3.63) is 40.3 Å². The molecule has 32 heavy (non-hydrogen) atoms. The second-order valence-corrected chi connectivity index (χ2v) is 9.02. The third kappa shape index (κ3) is 5.39. The molecule has 2 saturated heterocycles. The lowest BCUT2D eigenvalue weighted by molar-refractivity contribution is 0.102. The van der Waals surface area contributed by atoms with Gasteiger partial charge in [0.05, 0.1) is 29.6 Å². The first-order valence-electron chi connectivity index (χ1n) is 11.4. The standard InChI is InChI=1S/C23H31N5O3S/c1-2-9-24-23(30)28-10-7-17(8-11-28)22-26-19(16-32-22)21(29)25-18-5-3-4-6-20(18)27-12-14-31-15-13-27/h3-6,16-17H,2,7-15H2,1H3,(H,24,30)(H,25,29). The molecule has 2 aliphatic rings. The first kappa shape index (κ1) is 22.5. The number of urea groups is 1. The fourth-order valence-corrected chi connectivity index (χ4v) is 5.07. The average Bonchev–Trinajstić information content (AvgIpc) is 3.34. The van der Waals surface area contributed by atoms with E-state index < -0.39 is 0 Å². The maximum absolute atomic E-state index is 12.9. The van der Waals surface area contributed by atoms with Gasteiger partial charge in [-0.1, -0.05) is 19.1 Å². The molecule has 1 aromatic heterocycles. The number of hydrogen-bond acceptors (Lipinski definition) is 6. The fraction of sp³-hybridized carbons (Fsp3) is 0.522. The van der Waals surface area contributed by atoms with Crippen molar-refractivity contribution in [2.24, 2.45) is 0 Å². The van der Waals surface area contributed by atoms with Crippen molar-refractivity contribution in [2.45, 2.75) is 32.1 Å². The summed E-state index contributed by atoms with van der Waals surface area (Å²) < 4.78 is 5.45. The van der Waals surface area contributed by atoms with E-state index in [4.69, 9.17) is 4.74 Å². The average molecular weight is 458 g/mol. The van der Waals surface area contributed by atoms with Crippen LogP contribution in [0.1, 0.15) is 47.6 Å². The Kier molecular flexibility index (Phi) is 7.59. The summed E-state index contributed by atoms with van der Waals surface area (Å²) in [6, 6.07) is 7.88. The number of para-hydroxylation sites is 2. The van der Waals surface area contributed by atoms with Crippen LogP contribution in [0.25, 0.3) is 0 Å². The first-order chi connectivity index (χ1) is 15.7. The molecule has 0 bridgehead atoms. The minimum atomic E-state index is -0.190. The molecule has 9 heteroatoms. The van der Waals surface area contributed by atoms with Crippen LogP contribution in [0.2, 0.25) is 0 Å². The molecule has 8 nitrogen and oxygen atoms in total. The Morgan fingerprint density at radius 3 is 2.66 bits per heavy atom. The van der Waals surface area contributed by atoms with Gasteiger partial charge >= 0.3 is 6.03 Å². The van der Waals surface area contributed by atoms with Crippen LogP contribution in [0.15, 0.2) is 29.6 Å². The van der Waals surface area contributed by atoms with Crippen molar-refractivity contribution in [1.29, 1.82) is 0 Å². The number of amides is 3. The van der Waals surface area contributed by atoms with Crippen molar-refractivity contribution in [2.75, 3.05) is 56.2 Å². The number of nitrogens with one attached hydrogen (secondary N) is 2. The smallest absolute Gasteiger partial charge is 0.317 e. The summed E-state index contributed by atoms with van der Waals surface area (Å²) in [5, 5.41) is 8.79. The largest absolute Gasteiger partial charge is 0.378 e. The van der Waals surface area contributed by atoms with E-state index >= 15 is 0 Å². The van der Waals surface area contributed by atoms with Crippen molar-refractivity contribution >= 4 is 34.6 Å². The lowest BCUT2D eigenvalue weighted by atomic mass is 9.98. The molecule has 1 aromatic carbocycles. The highest BCUT2D eigenvalue weighted by atomic mass is 32.1. The topological polar surface area (TPSA) is 86.8 Å². The Labute approximate surface area is 193 Å². The van der Waals surface area contributed by atoms with Gasteiger partial charge in [-0.2, -0.15) is 0 Å². The minimum Gasteiger partial charge on any atom is -0.378 e. The van der Waals surface area contributed by atoms with Crippen LogP contribution in [-0.4, -0.2) is 67.8 Å². The van der Waals surface area contributed by atoms with E-state index in [1.165, 1.54) is 11.3 Å². The summed E-state index contributed by atoms with van der Waals surface area (Å²) in [7, 11) is 0. The molecule has 0 saturated carbocycles. The van der Waals surface area contributed by atoms with Crippen molar-refractivity contribution in [3.8, 4) is 0 Å². The van der Waals surface area contributed by atoms with Gasteiger partial charge in [0.1, 0.15) is 5.69 Å². The number of carbonyl (C=O) groups excluding carboxylic acids is 2. The van der Waals surface area contributed by atoms with Crippen molar-refractivity contribution in [3.63, 3.8) is 0 Å². The SMILES string of the molecule is CCCNC(=O)N1CCC(c2nc(C(=O)Nc3ccccc3N3CCOCC3)cs2)CC1. The predicted molar refractivity (Wildman–Crippen MR) is 127 cm³/mol. The maximum atomic E-state index is 12.9. The second-order valence-electron chi connectivity index (χ2n) is 8.13. The van der Waals surface area contributed by atoms with Crippen molar-refractivity contribution < 1.29 is 14.3 Å². The van der Waals surface area contributed by atoms with Crippen LogP contribution >= 0.6 is 11.3 Å². The Bertz CT molecular complexity index is 920. The summed E-state index contributed by atoms with van der Waals surface area (Å²) in [4.78, 5) is 33.8. The lowest BCUT2D eigenvalue weighted by Crippen LogP contribution is -2.44. The zero-order valence-corrected chi connectivity index (χ0v) is 19.3. The van der Waals surface area contributed by atoms with Crippen LogP contribution in [0.3, 0.4) is 0 Å². The Hall–Kier alpha value is -2.65. The van der Waals surface area contributed by atoms with Crippen LogP contribution in [0.4, 0.5) is 16.2 Å². The number of nitrogens with zero attached hydrogens (tertiary/aromatic N) is 3. The van der Waals surface area contributed by atoms with E-state index in [0.29, 0.717) is 38.5 Å². The molecule has 2 aliphatic heterocycles. The molecule has 2 fully saturated rings.